The second-order valence-electron chi connectivity index (χ2n) is 3.97. The van der Waals surface area contributed by atoms with Crippen molar-refractivity contribution in [2.45, 2.75) is 6.92 Å². The van der Waals surface area contributed by atoms with Crippen LogP contribution in [0.15, 0.2) is 24.3 Å². The number of aldehydes is 1. The molecule has 1 saturated heterocycles. The van der Waals surface area contributed by atoms with E-state index in [1.807, 2.05) is 31.2 Å². The highest BCUT2D eigenvalue weighted by Crippen LogP contribution is 1.98. The van der Waals surface area contributed by atoms with Gasteiger partial charge in [0.2, 0.25) is 0 Å². The third-order valence-electron chi connectivity index (χ3n) is 2.54. The number of carbonyl (C=O) groups is 1. The van der Waals surface area contributed by atoms with E-state index < -0.39 is 0 Å². The van der Waals surface area contributed by atoms with Crippen LogP contribution in [0.2, 0.25) is 0 Å². The van der Waals surface area contributed by atoms with Gasteiger partial charge >= 0.3 is 0 Å². The van der Waals surface area contributed by atoms with Crippen LogP contribution in [0.25, 0.3) is 0 Å². The highest BCUT2D eigenvalue weighted by Gasteiger charge is 2.15. The van der Waals surface area contributed by atoms with Gasteiger partial charge in [0.05, 0.1) is 13.1 Å². The molecule has 6 nitrogen and oxygen atoms in total. The molecule has 0 spiro atoms. The molecule has 0 saturated carbocycles. The third-order valence-corrected chi connectivity index (χ3v) is 2.54. The molecule has 0 radical (unpaired) electrons. The summed E-state index contributed by atoms with van der Waals surface area (Å²) in [6.07, 6.45) is 0.847. The van der Waals surface area contributed by atoms with E-state index in [2.05, 4.69) is 5.32 Å². The van der Waals surface area contributed by atoms with Crippen molar-refractivity contribution in [1.29, 1.82) is 0 Å². The number of nitrogens with one attached hydrogen (secondary N) is 1. The van der Waals surface area contributed by atoms with E-state index in [1.54, 1.807) is 0 Å². The number of piperazine rings is 1. The van der Waals surface area contributed by atoms with Gasteiger partial charge in [0.15, 0.2) is 5.03 Å². The average molecular weight is 251 g/mol. The molecule has 0 amide bonds. The summed E-state index contributed by atoms with van der Waals surface area (Å²) in [7, 11) is 0. The standard InChI is InChI=1S/C8H8O.C4H9N3O2/c1-7-2-4-8(6-9)5-3-7;8-7(9)6-3-1-5-2-4-6/h2-6H,1H3;5H,1-4H2. The van der Waals surface area contributed by atoms with Crippen molar-refractivity contribution in [3.63, 3.8) is 0 Å². The van der Waals surface area contributed by atoms with Crippen molar-refractivity contribution in [3.05, 3.63) is 45.5 Å². The molecule has 6 heteroatoms. The zero-order valence-corrected chi connectivity index (χ0v) is 10.3. The van der Waals surface area contributed by atoms with Gasteiger partial charge in [-0.3, -0.25) is 4.79 Å². The maximum atomic E-state index is 10.1. The average Bonchev–Trinajstić information content (AvgIpc) is 2.41. The van der Waals surface area contributed by atoms with Crippen LogP contribution in [0.3, 0.4) is 0 Å². The third kappa shape index (κ3) is 4.92. The van der Waals surface area contributed by atoms with E-state index in [4.69, 9.17) is 0 Å². The van der Waals surface area contributed by atoms with E-state index in [0.717, 1.165) is 24.9 Å². The molecule has 1 N–H and O–H groups in total. The van der Waals surface area contributed by atoms with Gasteiger partial charge in [-0.05, 0) is 6.92 Å². The molecule has 98 valence electrons. The molecular formula is C12H17N3O3. The van der Waals surface area contributed by atoms with Crippen LogP contribution in [-0.2, 0) is 0 Å². The Kier molecular flexibility index (Phi) is 5.79. The van der Waals surface area contributed by atoms with E-state index in [0.29, 0.717) is 13.1 Å². The minimum absolute atomic E-state index is 0.346. The second-order valence-corrected chi connectivity index (χ2v) is 3.97. The van der Waals surface area contributed by atoms with Crippen LogP contribution >= 0.6 is 0 Å². The van der Waals surface area contributed by atoms with E-state index >= 15 is 0 Å². The Morgan fingerprint density at radius 2 is 1.83 bits per heavy atom. The number of hydrazine groups is 1. The van der Waals surface area contributed by atoms with Gasteiger partial charge in [-0.15, -0.1) is 5.01 Å². The molecule has 1 fully saturated rings. The SMILES string of the molecule is Cc1ccc(C=O)cc1.O=[N+]([O-])N1CCNCC1. The fraction of sp³-hybridized carbons (Fsp3) is 0.417. The summed E-state index contributed by atoms with van der Waals surface area (Å²) in [6.45, 7) is 4.48. The zero-order chi connectivity index (χ0) is 13.4. The Morgan fingerprint density at radius 1 is 1.28 bits per heavy atom. The molecule has 0 bridgehead atoms. The van der Waals surface area contributed by atoms with Crippen LogP contribution in [0, 0.1) is 17.0 Å². The predicted octanol–water partition coefficient (Wildman–Crippen LogP) is 0.891. The molecule has 1 aromatic carbocycles. The summed E-state index contributed by atoms with van der Waals surface area (Å²) < 4.78 is 0. The summed E-state index contributed by atoms with van der Waals surface area (Å²) in [4.78, 5) is 20.2. The van der Waals surface area contributed by atoms with Crippen molar-refractivity contribution in [2.75, 3.05) is 26.2 Å². The van der Waals surface area contributed by atoms with Gasteiger partial charge in [0.25, 0.3) is 0 Å². The highest BCUT2D eigenvalue weighted by molar-refractivity contribution is 5.74. The predicted molar refractivity (Wildman–Crippen MR) is 68.0 cm³/mol. The first-order valence-corrected chi connectivity index (χ1v) is 5.75. The molecule has 1 aromatic rings. The van der Waals surface area contributed by atoms with Crippen LogP contribution in [0.1, 0.15) is 15.9 Å². The normalized spacial score (nSPS) is 14.4. The van der Waals surface area contributed by atoms with Gasteiger partial charge in [0.1, 0.15) is 6.29 Å². The van der Waals surface area contributed by atoms with Gasteiger partial charge in [-0.1, -0.05) is 29.8 Å². The topological polar surface area (TPSA) is 75.5 Å². The molecule has 0 aromatic heterocycles. The minimum Gasteiger partial charge on any atom is -0.313 e. The molecule has 18 heavy (non-hydrogen) atoms. The number of hydrogen-bond acceptors (Lipinski definition) is 4. The van der Waals surface area contributed by atoms with Crippen molar-refractivity contribution in [2.24, 2.45) is 0 Å². The monoisotopic (exact) mass is 251 g/mol. The summed E-state index contributed by atoms with van der Waals surface area (Å²) in [5, 5.41) is 14.0. The lowest BCUT2D eigenvalue weighted by atomic mass is 10.2. The molecular weight excluding hydrogens is 234 g/mol. The smallest absolute Gasteiger partial charge is 0.160 e. The first kappa shape index (κ1) is 14.1. The number of nitrogens with zero attached hydrogens (tertiary/aromatic N) is 2. The highest BCUT2D eigenvalue weighted by atomic mass is 16.7. The van der Waals surface area contributed by atoms with Crippen molar-refractivity contribution < 1.29 is 9.83 Å². The summed E-state index contributed by atoms with van der Waals surface area (Å²) in [5.41, 5.74) is 1.92. The van der Waals surface area contributed by atoms with Crippen molar-refractivity contribution in [1.82, 2.24) is 10.3 Å². The van der Waals surface area contributed by atoms with E-state index in [-0.39, 0.29) is 5.03 Å². The van der Waals surface area contributed by atoms with Crippen molar-refractivity contribution in [3.8, 4) is 0 Å². The minimum atomic E-state index is -0.346. The number of rotatable bonds is 2. The number of nitro groups is 1. The lowest BCUT2D eigenvalue weighted by Crippen LogP contribution is -2.46. The Labute approximate surface area is 106 Å². The number of hydrogen-bond donors (Lipinski definition) is 1. The zero-order valence-electron chi connectivity index (χ0n) is 10.3. The van der Waals surface area contributed by atoms with Gasteiger partial charge in [-0.2, -0.15) is 0 Å². The largest absolute Gasteiger partial charge is 0.313 e. The lowest BCUT2D eigenvalue weighted by Gasteiger charge is -2.19. The second kappa shape index (κ2) is 7.39. The molecule has 2 rings (SSSR count). The summed E-state index contributed by atoms with van der Waals surface area (Å²) in [6, 6.07) is 7.46. The Balaban J connectivity index is 0.000000180. The summed E-state index contributed by atoms with van der Waals surface area (Å²) >= 11 is 0. The lowest BCUT2D eigenvalue weighted by molar-refractivity contribution is -0.656. The van der Waals surface area contributed by atoms with Crippen molar-refractivity contribution >= 4 is 6.29 Å². The number of benzene rings is 1. The van der Waals surface area contributed by atoms with E-state index in [1.165, 1.54) is 10.6 Å². The maximum absolute atomic E-state index is 10.1. The molecule has 1 aliphatic rings. The van der Waals surface area contributed by atoms with Crippen LogP contribution in [0.4, 0.5) is 0 Å². The fourth-order valence-corrected chi connectivity index (χ4v) is 1.46. The fourth-order valence-electron chi connectivity index (χ4n) is 1.46. The molecule has 1 heterocycles. The summed E-state index contributed by atoms with van der Waals surface area (Å²) in [5.74, 6) is 0. The van der Waals surface area contributed by atoms with Crippen LogP contribution < -0.4 is 5.32 Å². The van der Waals surface area contributed by atoms with Gasteiger partial charge in [0, 0.05) is 18.7 Å². The molecule has 1 aliphatic heterocycles. The first-order valence-electron chi connectivity index (χ1n) is 5.75. The number of aryl methyl sites for hydroxylation is 1. The molecule has 0 atom stereocenters. The Hall–Kier alpha value is -1.95. The quantitative estimate of drug-likeness (QED) is 0.480. The van der Waals surface area contributed by atoms with Crippen LogP contribution in [0.5, 0.6) is 0 Å². The van der Waals surface area contributed by atoms with Crippen LogP contribution in [-0.4, -0.2) is 42.5 Å². The first-order chi connectivity index (χ1) is 8.63. The Morgan fingerprint density at radius 3 is 2.22 bits per heavy atom. The Bertz CT molecular complexity index is 386. The maximum Gasteiger partial charge on any atom is 0.160 e. The van der Waals surface area contributed by atoms with Gasteiger partial charge in [-0.25, -0.2) is 10.1 Å². The van der Waals surface area contributed by atoms with Gasteiger partial charge < -0.3 is 5.32 Å². The number of carbonyl (C=O) groups excluding carboxylic acids is 1. The molecule has 0 unspecified atom stereocenters. The molecule has 0 aliphatic carbocycles. The van der Waals surface area contributed by atoms with E-state index in [9.17, 15) is 14.9 Å².